The number of benzene rings is 1. The Labute approximate surface area is 117 Å². The number of hydrogen-bond acceptors (Lipinski definition) is 4. The maximum Gasteiger partial charge on any atom is 0.273 e. The largest absolute Gasteiger partial charge is 0.345 e. The summed E-state index contributed by atoms with van der Waals surface area (Å²) in [4.78, 5) is 22.7. The molecule has 6 nitrogen and oxygen atoms in total. The van der Waals surface area contributed by atoms with Crippen LogP contribution in [0.5, 0.6) is 0 Å². The molecule has 2 rings (SSSR count). The molecule has 0 heterocycles. The van der Waals surface area contributed by atoms with Gasteiger partial charge >= 0.3 is 0 Å². The third-order valence-corrected chi connectivity index (χ3v) is 4.00. The summed E-state index contributed by atoms with van der Waals surface area (Å²) in [5, 5.41) is 13.9. The molecule has 0 aliphatic heterocycles. The standard InChI is InChI=1S/C14H19N3O3/c1-10-4-5-11(8-12(10)17(19)20)13(18)16-14(9-15)6-2-3-7-14/h4-5,8H,2-3,6-7,9,15H2,1H3,(H,16,18). The predicted molar refractivity (Wildman–Crippen MR) is 75.6 cm³/mol. The Kier molecular flexibility index (Phi) is 4.04. The molecule has 1 aliphatic rings. The monoisotopic (exact) mass is 277 g/mol. The van der Waals surface area contributed by atoms with E-state index < -0.39 is 4.92 Å². The highest BCUT2D eigenvalue weighted by Gasteiger charge is 2.34. The first kappa shape index (κ1) is 14.5. The normalized spacial score (nSPS) is 16.9. The Hall–Kier alpha value is -1.95. The van der Waals surface area contributed by atoms with Gasteiger partial charge in [-0.25, -0.2) is 0 Å². The van der Waals surface area contributed by atoms with E-state index in [0.717, 1.165) is 25.7 Å². The van der Waals surface area contributed by atoms with Gasteiger partial charge in [0.05, 0.1) is 10.5 Å². The number of nitrogens with one attached hydrogen (secondary N) is 1. The van der Waals surface area contributed by atoms with Crippen LogP contribution < -0.4 is 11.1 Å². The molecule has 20 heavy (non-hydrogen) atoms. The van der Waals surface area contributed by atoms with Crippen LogP contribution in [-0.2, 0) is 0 Å². The first-order chi connectivity index (χ1) is 9.47. The highest BCUT2D eigenvalue weighted by atomic mass is 16.6. The van der Waals surface area contributed by atoms with Gasteiger partial charge in [0.1, 0.15) is 0 Å². The number of nitro benzene ring substituents is 1. The highest BCUT2D eigenvalue weighted by molar-refractivity contribution is 5.95. The van der Waals surface area contributed by atoms with Gasteiger partial charge in [0.25, 0.3) is 11.6 Å². The Morgan fingerprint density at radius 1 is 1.45 bits per heavy atom. The van der Waals surface area contributed by atoms with Crippen LogP contribution >= 0.6 is 0 Å². The van der Waals surface area contributed by atoms with Crippen molar-refractivity contribution in [1.82, 2.24) is 5.32 Å². The van der Waals surface area contributed by atoms with E-state index >= 15 is 0 Å². The summed E-state index contributed by atoms with van der Waals surface area (Å²) in [6.07, 6.45) is 3.82. The summed E-state index contributed by atoms with van der Waals surface area (Å²) < 4.78 is 0. The number of rotatable bonds is 4. The summed E-state index contributed by atoms with van der Waals surface area (Å²) in [5.74, 6) is -0.291. The molecule has 1 aliphatic carbocycles. The molecule has 0 unspecified atom stereocenters. The zero-order valence-electron chi connectivity index (χ0n) is 11.5. The van der Waals surface area contributed by atoms with E-state index in [4.69, 9.17) is 5.73 Å². The second kappa shape index (κ2) is 5.58. The van der Waals surface area contributed by atoms with E-state index in [9.17, 15) is 14.9 Å². The van der Waals surface area contributed by atoms with Gasteiger partial charge in [-0.15, -0.1) is 0 Å². The molecule has 0 radical (unpaired) electrons. The Bertz CT molecular complexity index is 536. The Morgan fingerprint density at radius 2 is 2.10 bits per heavy atom. The number of nitro groups is 1. The lowest BCUT2D eigenvalue weighted by Gasteiger charge is -2.28. The zero-order valence-corrected chi connectivity index (χ0v) is 11.5. The molecule has 3 N–H and O–H groups in total. The first-order valence-electron chi connectivity index (χ1n) is 6.75. The minimum absolute atomic E-state index is 0.0362. The Morgan fingerprint density at radius 3 is 2.65 bits per heavy atom. The van der Waals surface area contributed by atoms with Crippen LogP contribution in [-0.4, -0.2) is 22.9 Å². The van der Waals surface area contributed by atoms with E-state index in [1.807, 2.05) is 0 Å². The molecule has 108 valence electrons. The van der Waals surface area contributed by atoms with Gasteiger partial charge < -0.3 is 11.1 Å². The summed E-state index contributed by atoms with van der Waals surface area (Å²) in [7, 11) is 0. The van der Waals surface area contributed by atoms with Gasteiger partial charge in [-0.3, -0.25) is 14.9 Å². The van der Waals surface area contributed by atoms with Crippen molar-refractivity contribution in [3.63, 3.8) is 0 Å². The van der Waals surface area contributed by atoms with Crippen LogP contribution in [0.25, 0.3) is 0 Å². The van der Waals surface area contributed by atoms with Crippen LogP contribution in [0.2, 0.25) is 0 Å². The third kappa shape index (κ3) is 2.80. The number of aryl methyl sites for hydroxylation is 1. The second-order valence-electron chi connectivity index (χ2n) is 5.40. The van der Waals surface area contributed by atoms with E-state index in [0.29, 0.717) is 17.7 Å². The van der Waals surface area contributed by atoms with Crippen molar-refractivity contribution in [2.75, 3.05) is 6.54 Å². The molecule has 1 saturated carbocycles. The van der Waals surface area contributed by atoms with Gasteiger partial charge in [0.15, 0.2) is 0 Å². The van der Waals surface area contributed by atoms with Crippen molar-refractivity contribution in [3.05, 3.63) is 39.4 Å². The molecular formula is C14H19N3O3. The van der Waals surface area contributed by atoms with Crippen LogP contribution in [0, 0.1) is 17.0 Å². The summed E-state index contributed by atoms with van der Waals surface area (Å²) in [6.45, 7) is 2.05. The minimum Gasteiger partial charge on any atom is -0.345 e. The summed E-state index contributed by atoms with van der Waals surface area (Å²) in [5.41, 5.74) is 6.24. The number of carbonyl (C=O) groups is 1. The van der Waals surface area contributed by atoms with Crippen LogP contribution in [0.15, 0.2) is 18.2 Å². The van der Waals surface area contributed by atoms with Crippen LogP contribution in [0.3, 0.4) is 0 Å². The van der Waals surface area contributed by atoms with Crippen LogP contribution in [0.4, 0.5) is 5.69 Å². The number of carbonyl (C=O) groups excluding carboxylic acids is 1. The second-order valence-corrected chi connectivity index (χ2v) is 5.40. The van der Waals surface area contributed by atoms with E-state index in [-0.39, 0.29) is 17.1 Å². The molecule has 1 aromatic rings. The van der Waals surface area contributed by atoms with Crippen molar-refractivity contribution in [2.24, 2.45) is 5.73 Å². The molecule has 0 spiro atoms. The highest BCUT2D eigenvalue weighted by Crippen LogP contribution is 2.29. The molecule has 1 aromatic carbocycles. The fraction of sp³-hybridized carbons (Fsp3) is 0.500. The fourth-order valence-electron chi connectivity index (χ4n) is 2.69. The number of hydrogen-bond donors (Lipinski definition) is 2. The lowest BCUT2D eigenvalue weighted by molar-refractivity contribution is -0.385. The Balaban J connectivity index is 2.21. The molecule has 1 amide bonds. The lowest BCUT2D eigenvalue weighted by Crippen LogP contribution is -2.51. The van der Waals surface area contributed by atoms with Gasteiger partial charge in [-0.05, 0) is 25.8 Å². The van der Waals surface area contributed by atoms with Crippen molar-refractivity contribution in [3.8, 4) is 0 Å². The molecule has 6 heteroatoms. The summed E-state index contributed by atoms with van der Waals surface area (Å²) >= 11 is 0. The molecule has 0 atom stereocenters. The van der Waals surface area contributed by atoms with Gasteiger partial charge in [-0.1, -0.05) is 18.9 Å². The zero-order chi connectivity index (χ0) is 14.8. The molecule has 0 saturated heterocycles. The SMILES string of the molecule is Cc1ccc(C(=O)NC2(CN)CCCC2)cc1[N+](=O)[O-]. The van der Waals surface area contributed by atoms with Crippen molar-refractivity contribution >= 4 is 11.6 Å². The fourth-order valence-corrected chi connectivity index (χ4v) is 2.69. The van der Waals surface area contributed by atoms with Gasteiger partial charge in [0, 0.05) is 23.7 Å². The minimum atomic E-state index is -0.472. The quantitative estimate of drug-likeness (QED) is 0.648. The lowest BCUT2D eigenvalue weighted by atomic mass is 9.97. The summed E-state index contributed by atoms with van der Waals surface area (Å²) in [6, 6.07) is 4.53. The number of amides is 1. The average Bonchev–Trinajstić information content (AvgIpc) is 2.88. The molecule has 1 fully saturated rings. The van der Waals surface area contributed by atoms with E-state index in [1.54, 1.807) is 19.1 Å². The maximum absolute atomic E-state index is 12.3. The van der Waals surface area contributed by atoms with E-state index in [2.05, 4.69) is 5.32 Å². The predicted octanol–water partition coefficient (Wildman–Crippen LogP) is 1.90. The van der Waals surface area contributed by atoms with Crippen molar-refractivity contribution in [1.29, 1.82) is 0 Å². The smallest absolute Gasteiger partial charge is 0.273 e. The topological polar surface area (TPSA) is 98.3 Å². The average molecular weight is 277 g/mol. The molecule has 0 bridgehead atoms. The van der Waals surface area contributed by atoms with Crippen LogP contribution in [0.1, 0.15) is 41.6 Å². The van der Waals surface area contributed by atoms with Gasteiger partial charge in [-0.2, -0.15) is 0 Å². The van der Waals surface area contributed by atoms with Gasteiger partial charge in [0.2, 0.25) is 0 Å². The number of nitrogens with two attached hydrogens (primary N) is 1. The molecular weight excluding hydrogens is 258 g/mol. The molecule has 0 aromatic heterocycles. The number of nitrogens with zero attached hydrogens (tertiary/aromatic N) is 1. The maximum atomic E-state index is 12.3. The van der Waals surface area contributed by atoms with Crippen molar-refractivity contribution in [2.45, 2.75) is 38.1 Å². The first-order valence-corrected chi connectivity index (χ1v) is 6.75. The van der Waals surface area contributed by atoms with E-state index in [1.165, 1.54) is 6.07 Å². The third-order valence-electron chi connectivity index (χ3n) is 4.00. The van der Waals surface area contributed by atoms with Crippen molar-refractivity contribution < 1.29 is 9.72 Å².